The van der Waals surface area contributed by atoms with E-state index in [0.29, 0.717) is 5.13 Å². The lowest BCUT2D eigenvalue weighted by Gasteiger charge is -2.03. The molecule has 0 spiro atoms. The third-order valence-corrected chi connectivity index (χ3v) is 3.89. The summed E-state index contributed by atoms with van der Waals surface area (Å²) in [5.41, 5.74) is 8.03. The zero-order chi connectivity index (χ0) is 12.3. The zero-order valence-electron chi connectivity index (χ0n) is 9.74. The second-order valence-corrected chi connectivity index (χ2v) is 5.46. The Bertz CT molecular complexity index is 508. The molecule has 0 saturated carbocycles. The van der Waals surface area contributed by atoms with E-state index in [2.05, 4.69) is 11.9 Å². The van der Waals surface area contributed by atoms with Crippen molar-refractivity contribution in [2.45, 2.75) is 26.2 Å². The maximum absolute atomic E-state index is 6.16. The molecule has 0 saturated heterocycles. The lowest BCUT2D eigenvalue weighted by atomic mass is 10.1. The van der Waals surface area contributed by atoms with E-state index in [1.807, 2.05) is 24.3 Å². The summed E-state index contributed by atoms with van der Waals surface area (Å²) in [4.78, 5) is 5.61. The van der Waals surface area contributed by atoms with Gasteiger partial charge in [-0.1, -0.05) is 43.1 Å². The van der Waals surface area contributed by atoms with Crippen LogP contribution in [0.25, 0.3) is 0 Å². The van der Waals surface area contributed by atoms with Crippen molar-refractivity contribution in [1.29, 1.82) is 0 Å². The fourth-order valence-electron chi connectivity index (χ4n) is 1.79. The van der Waals surface area contributed by atoms with E-state index >= 15 is 0 Å². The monoisotopic (exact) mass is 266 g/mol. The van der Waals surface area contributed by atoms with Gasteiger partial charge in [-0.15, -0.1) is 11.3 Å². The molecule has 1 aromatic carbocycles. The van der Waals surface area contributed by atoms with Crippen LogP contribution in [0.3, 0.4) is 0 Å². The molecule has 0 unspecified atom stereocenters. The van der Waals surface area contributed by atoms with Crippen LogP contribution >= 0.6 is 22.9 Å². The summed E-state index contributed by atoms with van der Waals surface area (Å²) in [6, 6.07) is 7.92. The van der Waals surface area contributed by atoms with Gasteiger partial charge in [-0.25, -0.2) is 4.98 Å². The molecule has 0 amide bonds. The Labute approximate surface area is 110 Å². The van der Waals surface area contributed by atoms with Gasteiger partial charge in [0.1, 0.15) is 0 Å². The fourth-order valence-corrected chi connectivity index (χ4v) is 2.89. The summed E-state index contributed by atoms with van der Waals surface area (Å²) in [6.45, 7) is 2.15. The molecule has 1 aromatic heterocycles. The average Bonchev–Trinajstić information content (AvgIpc) is 2.63. The quantitative estimate of drug-likeness (QED) is 0.911. The van der Waals surface area contributed by atoms with Crippen LogP contribution in [0, 0.1) is 0 Å². The number of aromatic nitrogens is 1. The largest absolute Gasteiger partial charge is 0.375 e. The van der Waals surface area contributed by atoms with Crippen molar-refractivity contribution in [3.63, 3.8) is 0 Å². The van der Waals surface area contributed by atoms with Crippen molar-refractivity contribution in [3.05, 3.63) is 45.4 Å². The SMILES string of the molecule is CCCc1nc(N)sc1Cc1ccccc1Cl. The van der Waals surface area contributed by atoms with Gasteiger partial charge in [0.2, 0.25) is 0 Å². The molecule has 90 valence electrons. The van der Waals surface area contributed by atoms with E-state index in [0.717, 1.165) is 35.5 Å². The smallest absolute Gasteiger partial charge is 0.180 e. The number of rotatable bonds is 4. The molecular weight excluding hydrogens is 252 g/mol. The fraction of sp³-hybridized carbons (Fsp3) is 0.308. The number of anilines is 1. The maximum Gasteiger partial charge on any atom is 0.180 e. The second kappa shape index (κ2) is 5.52. The maximum atomic E-state index is 6.16. The number of nitrogens with zero attached hydrogens (tertiary/aromatic N) is 1. The summed E-state index contributed by atoms with van der Waals surface area (Å²) in [5, 5.41) is 1.46. The van der Waals surface area contributed by atoms with Crippen molar-refractivity contribution in [1.82, 2.24) is 4.98 Å². The van der Waals surface area contributed by atoms with Crippen LogP contribution < -0.4 is 5.73 Å². The Morgan fingerprint density at radius 2 is 2.12 bits per heavy atom. The predicted octanol–water partition coefficient (Wildman–Crippen LogP) is 3.92. The van der Waals surface area contributed by atoms with Gasteiger partial charge in [-0.05, 0) is 18.1 Å². The molecule has 2 aromatic rings. The van der Waals surface area contributed by atoms with Gasteiger partial charge in [0, 0.05) is 16.3 Å². The van der Waals surface area contributed by atoms with Crippen molar-refractivity contribution >= 4 is 28.1 Å². The van der Waals surface area contributed by atoms with E-state index in [1.54, 1.807) is 11.3 Å². The Kier molecular flexibility index (Phi) is 4.02. The molecule has 0 bridgehead atoms. The summed E-state index contributed by atoms with van der Waals surface area (Å²) >= 11 is 7.73. The number of benzene rings is 1. The van der Waals surface area contributed by atoms with Crippen LogP contribution in [0.4, 0.5) is 5.13 Å². The molecule has 0 atom stereocenters. The van der Waals surface area contributed by atoms with Crippen LogP contribution in [0.2, 0.25) is 5.02 Å². The van der Waals surface area contributed by atoms with Gasteiger partial charge in [0.25, 0.3) is 0 Å². The Hall–Kier alpha value is -1.06. The van der Waals surface area contributed by atoms with E-state index < -0.39 is 0 Å². The van der Waals surface area contributed by atoms with Crippen LogP contribution in [0.15, 0.2) is 24.3 Å². The minimum Gasteiger partial charge on any atom is -0.375 e. The number of hydrogen-bond donors (Lipinski definition) is 1. The highest BCUT2D eigenvalue weighted by Gasteiger charge is 2.10. The first-order valence-electron chi connectivity index (χ1n) is 5.68. The van der Waals surface area contributed by atoms with Gasteiger partial charge in [0.15, 0.2) is 5.13 Å². The molecule has 2 rings (SSSR count). The number of aryl methyl sites for hydroxylation is 1. The summed E-state index contributed by atoms with van der Waals surface area (Å²) in [6.07, 6.45) is 2.88. The molecule has 0 fully saturated rings. The minimum absolute atomic E-state index is 0.649. The predicted molar refractivity (Wildman–Crippen MR) is 74.8 cm³/mol. The van der Waals surface area contributed by atoms with Crippen LogP contribution in [-0.4, -0.2) is 4.98 Å². The number of nitrogens with two attached hydrogens (primary N) is 1. The second-order valence-electron chi connectivity index (χ2n) is 3.94. The van der Waals surface area contributed by atoms with Crippen LogP contribution in [0.5, 0.6) is 0 Å². The topological polar surface area (TPSA) is 38.9 Å². The van der Waals surface area contributed by atoms with Gasteiger partial charge in [-0.2, -0.15) is 0 Å². The standard InChI is InChI=1S/C13H15ClN2S/c1-2-5-11-12(17-13(15)16-11)8-9-6-3-4-7-10(9)14/h3-4,6-7H,2,5,8H2,1H3,(H2,15,16). The molecule has 0 aliphatic carbocycles. The molecule has 4 heteroatoms. The van der Waals surface area contributed by atoms with Crippen molar-refractivity contribution in [3.8, 4) is 0 Å². The molecule has 0 radical (unpaired) electrons. The Morgan fingerprint density at radius 1 is 1.35 bits per heavy atom. The van der Waals surface area contributed by atoms with Gasteiger partial charge < -0.3 is 5.73 Å². The molecule has 1 heterocycles. The highest BCUT2D eigenvalue weighted by atomic mass is 35.5. The number of nitrogen functional groups attached to an aromatic ring is 1. The number of hydrogen-bond acceptors (Lipinski definition) is 3. The van der Waals surface area contributed by atoms with Gasteiger partial charge in [0.05, 0.1) is 5.69 Å². The highest BCUT2D eigenvalue weighted by Crippen LogP contribution is 2.27. The molecular formula is C13H15ClN2S. The van der Waals surface area contributed by atoms with E-state index in [1.165, 1.54) is 4.88 Å². The highest BCUT2D eigenvalue weighted by molar-refractivity contribution is 7.15. The van der Waals surface area contributed by atoms with Gasteiger partial charge in [-0.3, -0.25) is 0 Å². The normalized spacial score (nSPS) is 10.7. The van der Waals surface area contributed by atoms with Crippen molar-refractivity contribution in [2.24, 2.45) is 0 Å². The molecule has 0 aliphatic heterocycles. The minimum atomic E-state index is 0.649. The first-order valence-corrected chi connectivity index (χ1v) is 6.87. The van der Waals surface area contributed by atoms with Crippen LogP contribution in [-0.2, 0) is 12.8 Å². The van der Waals surface area contributed by atoms with Crippen molar-refractivity contribution < 1.29 is 0 Å². The van der Waals surface area contributed by atoms with Gasteiger partial charge >= 0.3 is 0 Å². The Morgan fingerprint density at radius 3 is 2.82 bits per heavy atom. The zero-order valence-corrected chi connectivity index (χ0v) is 11.3. The number of thiazole rings is 1. The molecule has 2 N–H and O–H groups in total. The first-order chi connectivity index (χ1) is 8.20. The summed E-state index contributed by atoms with van der Waals surface area (Å²) in [7, 11) is 0. The van der Waals surface area contributed by atoms with E-state index in [9.17, 15) is 0 Å². The lowest BCUT2D eigenvalue weighted by Crippen LogP contribution is -1.93. The summed E-state index contributed by atoms with van der Waals surface area (Å²) in [5.74, 6) is 0. The first kappa shape index (κ1) is 12.4. The Balaban J connectivity index is 2.26. The molecule has 0 aliphatic rings. The lowest BCUT2D eigenvalue weighted by molar-refractivity contribution is 0.879. The molecule has 2 nitrogen and oxygen atoms in total. The van der Waals surface area contributed by atoms with E-state index in [-0.39, 0.29) is 0 Å². The van der Waals surface area contributed by atoms with Crippen LogP contribution in [0.1, 0.15) is 29.5 Å². The van der Waals surface area contributed by atoms with E-state index in [4.69, 9.17) is 17.3 Å². The van der Waals surface area contributed by atoms with Crippen molar-refractivity contribution in [2.75, 3.05) is 5.73 Å². The summed E-state index contributed by atoms with van der Waals surface area (Å²) < 4.78 is 0. The average molecular weight is 267 g/mol. The third kappa shape index (κ3) is 2.99. The molecule has 17 heavy (non-hydrogen) atoms. The number of halogens is 1. The third-order valence-electron chi connectivity index (χ3n) is 2.59.